The maximum atomic E-state index is 14.5. The lowest BCUT2D eigenvalue weighted by molar-refractivity contribution is -0.364. The largest absolute Gasteiger partial charge is 0.394 e. The Labute approximate surface area is 311 Å². The van der Waals surface area contributed by atoms with Gasteiger partial charge in [-0.15, -0.1) is 0 Å². The maximum absolute atomic E-state index is 14.5. The van der Waals surface area contributed by atoms with Crippen molar-refractivity contribution in [2.24, 2.45) is 52.3 Å². The molecular formula is C39H62O14. The van der Waals surface area contributed by atoms with E-state index in [-0.39, 0.29) is 35.4 Å². The van der Waals surface area contributed by atoms with Crippen molar-refractivity contribution in [1.29, 1.82) is 0 Å². The van der Waals surface area contributed by atoms with Crippen LogP contribution in [0.2, 0.25) is 0 Å². The third-order valence-corrected chi connectivity index (χ3v) is 16.0. The molecule has 0 radical (unpaired) electrons. The van der Waals surface area contributed by atoms with Crippen LogP contribution in [-0.4, -0.2) is 141 Å². The van der Waals surface area contributed by atoms with Crippen LogP contribution in [-0.2, 0) is 33.2 Å². The van der Waals surface area contributed by atoms with Gasteiger partial charge in [-0.2, -0.15) is 0 Å². The molecule has 4 aliphatic heterocycles. The van der Waals surface area contributed by atoms with Crippen molar-refractivity contribution in [2.75, 3.05) is 19.8 Å². The molecule has 4 saturated carbocycles. The van der Waals surface area contributed by atoms with Crippen molar-refractivity contribution in [3.8, 4) is 0 Å². The van der Waals surface area contributed by atoms with E-state index in [1.165, 1.54) is 0 Å². The van der Waals surface area contributed by atoms with E-state index in [9.17, 15) is 40.5 Å². The number of hydrogen-bond donors (Lipinski definition) is 7. The monoisotopic (exact) mass is 754 g/mol. The molecule has 1 spiro atoms. The summed E-state index contributed by atoms with van der Waals surface area (Å²) in [6.45, 7) is 8.51. The van der Waals surface area contributed by atoms with E-state index in [1.54, 1.807) is 0 Å². The first-order valence-corrected chi connectivity index (χ1v) is 20.3. The molecule has 0 amide bonds. The van der Waals surface area contributed by atoms with Gasteiger partial charge in [-0.25, -0.2) is 0 Å². The highest BCUT2D eigenvalue weighted by atomic mass is 16.7. The summed E-state index contributed by atoms with van der Waals surface area (Å²) in [5.74, 6) is 2.02. The van der Waals surface area contributed by atoms with Gasteiger partial charge in [0.1, 0.15) is 54.6 Å². The number of carbonyl (C=O) groups is 1. The quantitative estimate of drug-likeness (QED) is 0.185. The lowest BCUT2D eigenvalue weighted by Gasteiger charge is -2.60. The average Bonchev–Trinajstić information content (AvgIpc) is 3.59. The van der Waals surface area contributed by atoms with Crippen LogP contribution in [0.1, 0.15) is 85.5 Å². The molecule has 0 aromatic heterocycles. The Morgan fingerprint density at radius 3 is 2.17 bits per heavy atom. The molecule has 0 aromatic carbocycles. The Hall–Kier alpha value is -0.850. The zero-order valence-electron chi connectivity index (χ0n) is 31.4. The Morgan fingerprint density at radius 2 is 1.47 bits per heavy atom. The average molecular weight is 755 g/mol. The van der Waals surface area contributed by atoms with Crippen molar-refractivity contribution in [2.45, 2.75) is 165 Å². The molecule has 4 aliphatic carbocycles. The van der Waals surface area contributed by atoms with Gasteiger partial charge in [-0.3, -0.25) is 4.79 Å². The summed E-state index contributed by atoms with van der Waals surface area (Å²) < 4.78 is 36.7. The first kappa shape index (κ1) is 39.0. The second-order valence-corrected chi connectivity index (χ2v) is 18.6. The smallest absolute Gasteiger partial charge is 0.187 e. The highest BCUT2D eigenvalue weighted by Crippen LogP contribution is 2.70. The van der Waals surface area contributed by atoms with Crippen LogP contribution in [0.15, 0.2) is 0 Å². The molecule has 8 fully saturated rings. The van der Waals surface area contributed by atoms with Gasteiger partial charge in [0.15, 0.2) is 18.4 Å². The van der Waals surface area contributed by atoms with E-state index in [1.807, 2.05) is 0 Å². The number of hydrogen-bond acceptors (Lipinski definition) is 14. The van der Waals surface area contributed by atoms with Crippen LogP contribution in [0.25, 0.3) is 0 Å². The second-order valence-electron chi connectivity index (χ2n) is 18.6. The minimum atomic E-state index is -1.73. The molecule has 0 unspecified atom stereocenters. The molecule has 8 rings (SSSR count). The number of aliphatic hydroxyl groups is 7. The molecule has 7 N–H and O–H groups in total. The summed E-state index contributed by atoms with van der Waals surface area (Å²) in [5, 5.41) is 72.8. The summed E-state index contributed by atoms with van der Waals surface area (Å²) in [6, 6.07) is 0. The Balaban J connectivity index is 0.909. The Bertz CT molecular complexity index is 1340. The van der Waals surface area contributed by atoms with Gasteiger partial charge in [0.2, 0.25) is 0 Å². The van der Waals surface area contributed by atoms with Crippen LogP contribution in [0.5, 0.6) is 0 Å². The normalized spacial score (nSPS) is 58.2. The van der Waals surface area contributed by atoms with Gasteiger partial charge >= 0.3 is 0 Å². The molecule has 14 heteroatoms. The van der Waals surface area contributed by atoms with Crippen molar-refractivity contribution < 1.29 is 69.0 Å². The van der Waals surface area contributed by atoms with Crippen molar-refractivity contribution in [3.05, 3.63) is 0 Å². The first-order chi connectivity index (χ1) is 25.2. The lowest BCUT2D eigenvalue weighted by Crippen LogP contribution is -2.65. The van der Waals surface area contributed by atoms with Gasteiger partial charge in [0, 0.05) is 30.1 Å². The van der Waals surface area contributed by atoms with E-state index >= 15 is 0 Å². The summed E-state index contributed by atoms with van der Waals surface area (Å²) >= 11 is 0. The van der Waals surface area contributed by atoms with Gasteiger partial charge in [0.25, 0.3) is 0 Å². The number of aliphatic hydroxyl groups excluding tert-OH is 7. The number of ketones is 1. The second kappa shape index (κ2) is 14.2. The molecule has 302 valence electrons. The zero-order valence-corrected chi connectivity index (χ0v) is 31.4. The summed E-state index contributed by atoms with van der Waals surface area (Å²) in [6.07, 6.45) is -7.31. The van der Waals surface area contributed by atoms with Crippen LogP contribution in [0.3, 0.4) is 0 Å². The molecule has 53 heavy (non-hydrogen) atoms. The van der Waals surface area contributed by atoms with Gasteiger partial charge in [-0.05, 0) is 80.0 Å². The fraction of sp³-hybridized carbons (Fsp3) is 0.974. The first-order valence-electron chi connectivity index (χ1n) is 20.3. The van der Waals surface area contributed by atoms with Crippen molar-refractivity contribution >= 4 is 5.78 Å². The highest BCUT2D eigenvalue weighted by molar-refractivity contribution is 5.87. The van der Waals surface area contributed by atoms with Crippen molar-refractivity contribution in [3.63, 3.8) is 0 Å². The highest BCUT2D eigenvalue weighted by Gasteiger charge is 2.72. The van der Waals surface area contributed by atoms with E-state index < -0.39 is 85.8 Å². The predicted octanol–water partition coefficient (Wildman–Crippen LogP) is 0.621. The van der Waals surface area contributed by atoms with E-state index in [0.717, 1.165) is 44.9 Å². The number of fused-ring (bicyclic) bond motifs is 7. The molecule has 14 nitrogen and oxygen atoms in total. The predicted molar refractivity (Wildman–Crippen MR) is 183 cm³/mol. The van der Waals surface area contributed by atoms with Crippen molar-refractivity contribution in [1.82, 2.24) is 0 Å². The van der Waals surface area contributed by atoms with Gasteiger partial charge < -0.3 is 64.2 Å². The minimum Gasteiger partial charge on any atom is -0.394 e. The number of carbonyl (C=O) groups excluding carboxylic acids is 1. The Morgan fingerprint density at radius 1 is 0.774 bits per heavy atom. The van der Waals surface area contributed by atoms with E-state index in [4.69, 9.17) is 28.4 Å². The number of ether oxygens (including phenoxy) is 6. The standard InChI is InChI=1S/C39H62O14/c1-17-7-10-39(48-16-17)18(2)28-24(53-39)12-23-21-6-5-19-11-20(8-9-37(19,3)22(21)13-27(42)38(23,28)4)49-35-33(47)31(45)34(26(15-41)51-35)52-36-32(46)30(44)29(43)25(14-40)50-36/h17-26,28-36,40-41,43-47H,5-16H2,1-4H3/t17-,18+,19-,20-,21+,22+,23-,24+,25+,26+,28+,29+,30-,31+,32+,33+,34+,35+,36-,37+,38-,39+/m1/s1. The lowest BCUT2D eigenvalue weighted by atomic mass is 9.44. The SMILES string of the molecule is C[C@@H]1CC[C@]2(OC1)O[C@H]1C[C@@H]3[C@H]4CC[C@@H]5C[C@H](O[C@H]6O[C@@H](CO)[C@H](O[C@H]7O[C@@H](CO)[C@H](O)[C@@H](O)[C@@H]7O)[C@@H](O)[C@@H]6O)CC[C@]5(C)[C@H]4CC(=O)[C@]3(C)[C@H]1[C@@H]2C. The summed E-state index contributed by atoms with van der Waals surface area (Å²) in [7, 11) is 0. The summed E-state index contributed by atoms with van der Waals surface area (Å²) in [4.78, 5) is 14.5. The molecule has 22 atom stereocenters. The van der Waals surface area contributed by atoms with Crippen LogP contribution < -0.4 is 0 Å². The number of Topliss-reactive ketones (excluding diaryl/α,β-unsaturated/α-hetero) is 1. The molecule has 0 aromatic rings. The minimum absolute atomic E-state index is 0.0443. The van der Waals surface area contributed by atoms with Gasteiger partial charge in [-0.1, -0.05) is 27.7 Å². The van der Waals surface area contributed by atoms with Crippen LogP contribution >= 0.6 is 0 Å². The van der Waals surface area contributed by atoms with Gasteiger partial charge in [0.05, 0.1) is 32.0 Å². The topological polar surface area (TPSA) is 214 Å². The number of rotatable bonds is 6. The Kier molecular flexibility index (Phi) is 10.5. The van der Waals surface area contributed by atoms with E-state index in [0.29, 0.717) is 48.9 Å². The fourth-order valence-electron chi connectivity index (χ4n) is 12.9. The fourth-order valence-corrected chi connectivity index (χ4v) is 12.9. The van der Waals surface area contributed by atoms with Crippen LogP contribution in [0.4, 0.5) is 0 Å². The third-order valence-electron chi connectivity index (χ3n) is 16.0. The molecule has 4 saturated heterocycles. The molecule has 8 aliphatic rings. The third kappa shape index (κ3) is 6.03. The summed E-state index contributed by atoms with van der Waals surface area (Å²) in [5.41, 5.74) is -0.453. The van der Waals surface area contributed by atoms with Crippen LogP contribution in [0, 0.1) is 52.3 Å². The van der Waals surface area contributed by atoms with E-state index in [2.05, 4.69) is 27.7 Å². The maximum Gasteiger partial charge on any atom is 0.187 e. The molecule has 4 heterocycles. The zero-order chi connectivity index (χ0) is 37.8. The molecular weight excluding hydrogens is 692 g/mol. The molecule has 0 bridgehead atoms.